The van der Waals surface area contributed by atoms with Gasteiger partial charge < -0.3 is 4.74 Å². The van der Waals surface area contributed by atoms with Crippen molar-refractivity contribution in [1.82, 2.24) is 0 Å². The van der Waals surface area contributed by atoms with Crippen LogP contribution in [0.4, 0.5) is 0 Å². The maximum Gasteiger partial charge on any atom is 0.188 e. The van der Waals surface area contributed by atoms with Crippen LogP contribution < -0.4 is 0 Å². The molecule has 1 rings (SSSR count). The van der Waals surface area contributed by atoms with E-state index in [1.807, 2.05) is 19.2 Å². The smallest absolute Gasteiger partial charge is 0.188 e. The lowest BCUT2D eigenvalue weighted by atomic mass is 10.0. The Hall–Kier alpha value is -0.790. The second-order valence-electron chi connectivity index (χ2n) is 2.96. The first-order chi connectivity index (χ1) is 5.20. The number of hydrogen-bond donors (Lipinski definition) is 0. The number of ether oxygens (including phenoxy) is 1. The molecule has 0 radical (unpaired) electrons. The van der Waals surface area contributed by atoms with Crippen LogP contribution in [0.5, 0.6) is 0 Å². The van der Waals surface area contributed by atoms with Crippen LogP contribution in [0.1, 0.15) is 33.6 Å². The van der Waals surface area contributed by atoms with E-state index in [9.17, 15) is 0 Å². The van der Waals surface area contributed by atoms with Crippen molar-refractivity contribution in [1.29, 1.82) is 0 Å². The first kappa shape index (κ1) is 8.31. The molecule has 0 aliphatic carbocycles. The molecule has 62 valence electrons. The van der Waals surface area contributed by atoms with Crippen molar-refractivity contribution in [3.63, 3.8) is 0 Å². The summed E-state index contributed by atoms with van der Waals surface area (Å²) in [4.78, 5) is 4.11. The summed E-state index contributed by atoms with van der Waals surface area (Å²) in [5.41, 5.74) is -0.118. The average molecular weight is 153 g/mol. The summed E-state index contributed by atoms with van der Waals surface area (Å²) in [6, 6.07) is 0. The van der Waals surface area contributed by atoms with Crippen molar-refractivity contribution >= 4 is 5.90 Å². The van der Waals surface area contributed by atoms with Gasteiger partial charge in [0.1, 0.15) is 5.60 Å². The molecule has 0 bridgehead atoms. The minimum atomic E-state index is -0.118. The quantitative estimate of drug-likeness (QED) is 0.597. The predicted octanol–water partition coefficient (Wildman–Crippen LogP) is 2.51. The van der Waals surface area contributed by atoms with E-state index in [0.29, 0.717) is 0 Å². The van der Waals surface area contributed by atoms with Gasteiger partial charge in [-0.15, -0.1) is 0 Å². The fourth-order valence-corrected chi connectivity index (χ4v) is 0.961. The number of nitrogens with zero attached hydrogens (tertiary/aromatic N) is 1. The minimum Gasteiger partial charge on any atom is -0.470 e. The third-order valence-electron chi connectivity index (χ3n) is 2.00. The van der Waals surface area contributed by atoms with Gasteiger partial charge in [0.05, 0.1) is 0 Å². The lowest BCUT2D eigenvalue weighted by Crippen LogP contribution is -2.30. The normalized spacial score (nSPS) is 29.5. The highest BCUT2D eigenvalue weighted by Crippen LogP contribution is 2.21. The molecular formula is C9H15NO. The van der Waals surface area contributed by atoms with Gasteiger partial charge >= 0.3 is 0 Å². The highest BCUT2D eigenvalue weighted by Gasteiger charge is 2.23. The molecule has 1 aliphatic rings. The van der Waals surface area contributed by atoms with E-state index in [4.69, 9.17) is 4.74 Å². The Morgan fingerprint density at radius 2 is 2.27 bits per heavy atom. The fraction of sp³-hybridized carbons (Fsp3) is 0.667. The summed E-state index contributed by atoms with van der Waals surface area (Å²) < 4.78 is 5.64. The molecule has 0 N–H and O–H groups in total. The molecule has 0 spiro atoms. The van der Waals surface area contributed by atoms with Gasteiger partial charge in [-0.2, -0.15) is 0 Å². The van der Waals surface area contributed by atoms with E-state index in [1.165, 1.54) is 0 Å². The van der Waals surface area contributed by atoms with E-state index >= 15 is 0 Å². The molecular weight excluding hydrogens is 138 g/mol. The molecule has 0 amide bonds. The SMILES string of the molecule is CCC1=NC=CC(C)(CC)O1. The van der Waals surface area contributed by atoms with Crippen molar-refractivity contribution in [3.8, 4) is 0 Å². The van der Waals surface area contributed by atoms with Crippen molar-refractivity contribution in [3.05, 3.63) is 12.3 Å². The second kappa shape index (κ2) is 3.07. The first-order valence-electron chi connectivity index (χ1n) is 4.13. The van der Waals surface area contributed by atoms with Crippen LogP contribution in [0, 0.1) is 0 Å². The highest BCUT2D eigenvalue weighted by molar-refractivity contribution is 5.77. The third-order valence-corrected chi connectivity index (χ3v) is 2.00. The van der Waals surface area contributed by atoms with Gasteiger partial charge in [-0.05, 0) is 19.4 Å². The summed E-state index contributed by atoms with van der Waals surface area (Å²) in [6.07, 6.45) is 5.71. The molecule has 2 nitrogen and oxygen atoms in total. The molecule has 0 aromatic rings. The second-order valence-corrected chi connectivity index (χ2v) is 2.96. The summed E-state index contributed by atoms with van der Waals surface area (Å²) in [6.45, 7) is 6.24. The Morgan fingerprint density at radius 1 is 1.55 bits per heavy atom. The van der Waals surface area contributed by atoms with Gasteiger partial charge in [0.15, 0.2) is 5.90 Å². The topological polar surface area (TPSA) is 21.6 Å². The van der Waals surface area contributed by atoms with Crippen molar-refractivity contribution in [2.45, 2.75) is 39.2 Å². The van der Waals surface area contributed by atoms with E-state index in [2.05, 4.69) is 18.8 Å². The maximum atomic E-state index is 5.64. The van der Waals surface area contributed by atoms with Gasteiger partial charge in [0.25, 0.3) is 0 Å². The predicted molar refractivity (Wildman–Crippen MR) is 46.6 cm³/mol. The van der Waals surface area contributed by atoms with Gasteiger partial charge in [0.2, 0.25) is 0 Å². The maximum absolute atomic E-state index is 5.64. The molecule has 0 aromatic heterocycles. The average Bonchev–Trinajstić information content (AvgIpc) is 2.05. The van der Waals surface area contributed by atoms with Crippen molar-refractivity contribution in [2.75, 3.05) is 0 Å². The highest BCUT2D eigenvalue weighted by atomic mass is 16.5. The molecule has 2 heteroatoms. The zero-order valence-electron chi connectivity index (χ0n) is 7.42. The molecule has 1 unspecified atom stereocenters. The Kier molecular flexibility index (Phi) is 2.32. The fourth-order valence-electron chi connectivity index (χ4n) is 0.961. The van der Waals surface area contributed by atoms with E-state index in [0.717, 1.165) is 18.7 Å². The Morgan fingerprint density at radius 3 is 2.82 bits per heavy atom. The molecule has 1 atom stereocenters. The molecule has 0 fully saturated rings. The van der Waals surface area contributed by atoms with E-state index in [-0.39, 0.29) is 5.60 Å². The van der Waals surface area contributed by atoms with E-state index < -0.39 is 0 Å². The third kappa shape index (κ3) is 1.82. The van der Waals surface area contributed by atoms with Crippen LogP contribution in [-0.4, -0.2) is 11.5 Å². The lowest BCUT2D eigenvalue weighted by Gasteiger charge is -2.28. The Balaban J connectivity index is 2.68. The monoisotopic (exact) mass is 153 g/mol. The molecule has 0 saturated heterocycles. The van der Waals surface area contributed by atoms with Gasteiger partial charge in [0, 0.05) is 12.6 Å². The molecule has 11 heavy (non-hydrogen) atoms. The van der Waals surface area contributed by atoms with Crippen LogP contribution in [0.15, 0.2) is 17.3 Å². The van der Waals surface area contributed by atoms with Crippen LogP contribution in [-0.2, 0) is 4.74 Å². The number of aliphatic imine (C=N–C) groups is 1. The van der Waals surface area contributed by atoms with Gasteiger partial charge in [-0.3, -0.25) is 0 Å². The van der Waals surface area contributed by atoms with Crippen molar-refractivity contribution < 1.29 is 4.74 Å². The first-order valence-corrected chi connectivity index (χ1v) is 4.13. The van der Waals surface area contributed by atoms with Crippen LogP contribution >= 0.6 is 0 Å². The van der Waals surface area contributed by atoms with Crippen LogP contribution in [0.3, 0.4) is 0 Å². The van der Waals surface area contributed by atoms with Crippen LogP contribution in [0.25, 0.3) is 0 Å². The lowest BCUT2D eigenvalue weighted by molar-refractivity contribution is 0.114. The van der Waals surface area contributed by atoms with Crippen LogP contribution in [0.2, 0.25) is 0 Å². The van der Waals surface area contributed by atoms with E-state index in [1.54, 1.807) is 0 Å². The summed E-state index contributed by atoms with van der Waals surface area (Å²) in [7, 11) is 0. The Bertz CT molecular complexity index is 196. The van der Waals surface area contributed by atoms with Gasteiger partial charge in [-0.25, -0.2) is 4.99 Å². The zero-order chi connectivity index (χ0) is 8.32. The molecule has 1 aliphatic heterocycles. The largest absolute Gasteiger partial charge is 0.470 e. The standard InChI is InChI=1S/C9H15NO/c1-4-8-10-7-6-9(3,5-2)11-8/h6-7H,4-5H2,1-3H3. The van der Waals surface area contributed by atoms with Gasteiger partial charge in [-0.1, -0.05) is 13.8 Å². The minimum absolute atomic E-state index is 0.118. The molecule has 1 heterocycles. The summed E-state index contributed by atoms with van der Waals surface area (Å²) in [5.74, 6) is 0.844. The Labute approximate surface area is 68.0 Å². The zero-order valence-corrected chi connectivity index (χ0v) is 7.42. The summed E-state index contributed by atoms with van der Waals surface area (Å²) in [5, 5.41) is 0. The number of hydrogen-bond acceptors (Lipinski definition) is 2. The molecule has 0 aromatic carbocycles. The molecule has 0 saturated carbocycles. The van der Waals surface area contributed by atoms with Crippen molar-refractivity contribution in [2.24, 2.45) is 4.99 Å². The number of rotatable bonds is 2. The summed E-state index contributed by atoms with van der Waals surface area (Å²) >= 11 is 0.